The zero-order chi connectivity index (χ0) is 18.1. The molecule has 4 nitrogen and oxygen atoms in total. The minimum atomic E-state index is 0.186. The first-order chi connectivity index (χ1) is 12.7. The molecular formula is C22H25N3O. The van der Waals surface area contributed by atoms with E-state index in [0.29, 0.717) is 19.1 Å². The number of amides is 1. The van der Waals surface area contributed by atoms with E-state index in [-0.39, 0.29) is 5.91 Å². The van der Waals surface area contributed by atoms with Crippen molar-refractivity contribution >= 4 is 16.9 Å². The van der Waals surface area contributed by atoms with Gasteiger partial charge in [-0.2, -0.15) is 0 Å². The minimum Gasteiger partial charge on any atom is -0.334 e. The van der Waals surface area contributed by atoms with Crippen molar-refractivity contribution in [1.82, 2.24) is 14.5 Å². The number of carbonyl (C=O) groups is 1. The summed E-state index contributed by atoms with van der Waals surface area (Å²) in [6, 6.07) is 16.9. The summed E-state index contributed by atoms with van der Waals surface area (Å²) in [7, 11) is 0. The largest absolute Gasteiger partial charge is 0.334 e. The van der Waals surface area contributed by atoms with Gasteiger partial charge >= 0.3 is 0 Å². The third kappa shape index (κ3) is 3.36. The van der Waals surface area contributed by atoms with Gasteiger partial charge < -0.3 is 9.47 Å². The summed E-state index contributed by atoms with van der Waals surface area (Å²) >= 11 is 0. The molecule has 0 radical (unpaired) electrons. The molecule has 134 valence electrons. The van der Waals surface area contributed by atoms with Gasteiger partial charge in [0.2, 0.25) is 5.91 Å². The Morgan fingerprint density at radius 2 is 1.88 bits per heavy atom. The second kappa shape index (κ2) is 6.94. The molecule has 26 heavy (non-hydrogen) atoms. The van der Waals surface area contributed by atoms with E-state index in [9.17, 15) is 4.79 Å². The lowest BCUT2D eigenvalue weighted by molar-refractivity contribution is -0.133. The van der Waals surface area contributed by atoms with E-state index >= 15 is 0 Å². The first-order valence-corrected chi connectivity index (χ1v) is 9.45. The molecule has 0 aliphatic heterocycles. The predicted octanol–water partition coefficient (Wildman–Crippen LogP) is 4.10. The Morgan fingerprint density at radius 3 is 2.58 bits per heavy atom. The number of aryl methyl sites for hydroxylation is 2. The second-order valence-corrected chi connectivity index (χ2v) is 7.19. The summed E-state index contributed by atoms with van der Waals surface area (Å²) in [6.45, 7) is 5.24. The Labute approximate surface area is 154 Å². The Hall–Kier alpha value is -2.62. The van der Waals surface area contributed by atoms with Gasteiger partial charge in [0.25, 0.3) is 0 Å². The van der Waals surface area contributed by atoms with Gasteiger partial charge in [0.15, 0.2) is 0 Å². The van der Waals surface area contributed by atoms with Crippen LogP contribution in [0.3, 0.4) is 0 Å². The number of rotatable bonds is 6. The van der Waals surface area contributed by atoms with E-state index in [0.717, 1.165) is 36.1 Å². The summed E-state index contributed by atoms with van der Waals surface area (Å²) in [5.74, 6) is 1.16. The molecule has 0 bridgehead atoms. The topological polar surface area (TPSA) is 38.1 Å². The molecule has 1 aromatic heterocycles. The van der Waals surface area contributed by atoms with Crippen LogP contribution in [0, 0.1) is 6.92 Å². The van der Waals surface area contributed by atoms with E-state index < -0.39 is 0 Å². The zero-order valence-corrected chi connectivity index (χ0v) is 15.5. The van der Waals surface area contributed by atoms with Gasteiger partial charge in [0.05, 0.1) is 11.0 Å². The fourth-order valence-corrected chi connectivity index (χ4v) is 3.50. The second-order valence-electron chi connectivity index (χ2n) is 7.19. The predicted molar refractivity (Wildman–Crippen MR) is 104 cm³/mol. The van der Waals surface area contributed by atoms with Gasteiger partial charge in [0.1, 0.15) is 12.4 Å². The molecule has 0 saturated heterocycles. The summed E-state index contributed by atoms with van der Waals surface area (Å²) in [5, 5.41) is 0. The van der Waals surface area contributed by atoms with Crippen molar-refractivity contribution < 1.29 is 4.79 Å². The summed E-state index contributed by atoms with van der Waals surface area (Å²) in [4.78, 5) is 19.9. The molecule has 1 aliphatic carbocycles. The van der Waals surface area contributed by atoms with Crippen molar-refractivity contribution in [2.45, 2.75) is 52.2 Å². The molecule has 1 heterocycles. The van der Waals surface area contributed by atoms with Gasteiger partial charge in [0, 0.05) is 19.0 Å². The van der Waals surface area contributed by atoms with Crippen molar-refractivity contribution in [2.75, 3.05) is 0 Å². The van der Waals surface area contributed by atoms with E-state index in [2.05, 4.69) is 58.6 Å². The maximum Gasteiger partial charge on any atom is 0.243 e. The van der Waals surface area contributed by atoms with Crippen molar-refractivity contribution in [3.05, 3.63) is 65.5 Å². The third-order valence-electron chi connectivity index (χ3n) is 5.12. The lowest BCUT2D eigenvalue weighted by atomic mass is 10.1. The summed E-state index contributed by atoms with van der Waals surface area (Å²) in [6.07, 6.45) is 3.05. The van der Waals surface area contributed by atoms with Gasteiger partial charge in [-0.15, -0.1) is 0 Å². The fraction of sp³-hybridized carbons (Fsp3) is 0.364. The smallest absolute Gasteiger partial charge is 0.243 e. The monoisotopic (exact) mass is 347 g/mol. The number of hydrogen-bond donors (Lipinski definition) is 0. The molecule has 4 heteroatoms. The highest BCUT2D eigenvalue weighted by molar-refractivity contribution is 5.81. The van der Waals surface area contributed by atoms with Gasteiger partial charge in [-0.25, -0.2) is 4.98 Å². The quantitative estimate of drug-likeness (QED) is 0.673. The maximum atomic E-state index is 13.2. The number of fused-ring (bicyclic) bond motifs is 1. The van der Waals surface area contributed by atoms with Crippen molar-refractivity contribution in [2.24, 2.45) is 0 Å². The summed E-state index contributed by atoms with van der Waals surface area (Å²) in [5.41, 5.74) is 4.45. The average molecular weight is 347 g/mol. The highest BCUT2D eigenvalue weighted by atomic mass is 16.2. The normalized spacial score (nSPS) is 13.9. The molecule has 3 aromatic rings. The van der Waals surface area contributed by atoms with Crippen molar-refractivity contribution in [3.63, 3.8) is 0 Å². The first kappa shape index (κ1) is 16.8. The highest BCUT2D eigenvalue weighted by Gasteiger charge is 2.32. The standard InChI is InChI=1S/C22H25N3O/c1-3-21-23-19-6-4-5-7-20(19)25(21)15-22(26)24(18-12-13-18)14-17-10-8-16(2)9-11-17/h4-11,18H,3,12-15H2,1-2H3. The molecule has 0 spiro atoms. The van der Waals surface area contributed by atoms with Crippen LogP contribution in [0.4, 0.5) is 0 Å². The average Bonchev–Trinajstić information content (AvgIpc) is 3.43. The third-order valence-corrected chi connectivity index (χ3v) is 5.12. The fourth-order valence-electron chi connectivity index (χ4n) is 3.50. The number of aromatic nitrogens is 2. The van der Waals surface area contributed by atoms with Crippen LogP contribution in [-0.2, 0) is 24.3 Å². The lowest BCUT2D eigenvalue weighted by Crippen LogP contribution is -2.35. The Morgan fingerprint density at radius 1 is 1.15 bits per heavy atom. The first-order valence-electron chi connectivity index (χ1n) is 9.45. The molecule has 1 aliphatic rings. The van der Waals surface area contributed by atoms with E-state index in [1.807, 2.05) is 18.2 Å². The molecule has 2 aromatic carbocycles. The zero-order valence-electron chi connectivity index (χ0n) is 15.5. The Kier molecular flexibility index (Phi) is 4.49. The molecule has 1 saturated carbocycles. The van der Waals surface area contributed by atoms with Crippen molar-refractivity contribution in [1.29, 1.82) is 0 Å². The van der Waals surface area contributed by atoms with Gasteiger partial charge in [-0.3, -0.25) is 4.79 Å². The van der Waals surface area contributed by atoms with E-state index in [1.165, 1.54) is 11.1 Å². The maximum absolute atomic E-state index is 13.2. The number of hydrogen-bond acceptors (Lipinski definition) is 2. The number of carbonyl (C=O) groups excluding carboxylic acids is 1. The Bertz CT molecular complexity index is 922. The molecular weight excluding hydrogens is 322 g/mol. The molecule has 0 atom stereocenters. The molecule has 4 rings (SSSR count). The number of imidazole rings is 1. The van der Waals surface area contributed by atoms with Gasteiger partial charge in [-0.1, -0.05) is 48.9 Å². The molecule has 1 fully saturated rings. The van der Waals surface area contributed by atoms with Crippen LogP contribution < -0.4 is 0 Å². The van der Waals surface area contributed by atoms with Crippen LogP contribution in [0.15, 0.2) is 48.5 Å². The van der Waals surface area contributed by atoms with Crippen LogP contribution >= 0.6 is 0 Å². The number of benzene rings is 2. The van der Waals surface area contributed by atoms with Crippen LogP contribution in [0.1, 0.15) is 36.7 Å². The van der Waals surface area contributed by atoms with Crippen LogP contribution in [0.5, 0.6) is 0 Å². The number of para-hydroxylation sites is 2. The van der Waals surface area contributed by atoms with Gasteiger partial charge in [-0.05, 0) is 37.5 Å². The molecule has 1 amide bonds. The van der Waals surface area contributed by atoms with Crippen LogP contribution in [0.25, 0.3) is 11.0 Å². The SMILES string of the molecule is CCc1nc2ccccc2n1CC(=O)N(Cc1ccc(C)cc1)C1CC1. The number of nitrogens with zero attached hydrogens (tertiary/aromatic N) is 3. The lowest BCUT2D eigenvalue weighted by Gasteiger charge is -2.23. The Balaban J connectivity index is 1.58. The molecule has 0 N–H and O–H groups in total. The van der Waals surface area contributed by atoms with Crippen LogP contribution in [0.2, 0.25) is 0 Å². The van der Waals surface area contributed by atoms with E-state index in [4.69, 9.17) is 0 Å². The minimum absolute atomic E-state index is 0.186. The van der Waals surface area contributed by atoms with Crippen LogP contribution in [-0.4, -0.2) is 26.4 Å². The summed E-state index contributed by atoms with van der Waals surface area (Å²) < 4.78 is 2.09. The molecule has 0 unspecified atom stereocenters. The van der Waals surface area contributed by atoms with Crippen molar-refractivity contribution in [3.8, 4) is 0 Å². The van der Waals surface area contributed by atoms with E-state index in [1.54, 1.807) is 0 Å². The highest BCUT2D eigenvalue weighted by Crippen LogP contribution is 2.29.